The van der Waals surface area contributed by atoms with Gasteiger partial charge in [-0.15, -0.1) is 0 Å². The fourth-order valence-corrected chi connectivity index (χ4v) is 2.70. The molecule has 2 aromatic rings. The van der Waals surface area contributed by atoms with Crippen molar-refractivity contribution in [3.8, 4) is 11.5 Å². The molecule has 9 heteroatoms. The molecule has 0 spiro atoms. The fraction of sp³-hybridized carbons (Fsp3) is 0.300. The van der Waals surface area contributed by atoms with Crippen LogP contribution in [0.2, 0.25) is 0 Å². The van der Waals surface area contributed by atoms with Crippen LogP contribution in [-0.2, 0) is 16.1 Å². The highest BCUT2D eigenvalue weighted by Gasteiger charge is 2.26. The number of nitrogens with one attached hydrogen (secondary N) is 1. The van der Waals surface area contributed by atoms with Crippen LogP contribution in [0.1, 0.15) is 12.5 Å². The molecule has 29 heavy (non-hydrogen) atoms. The topological polar surface area (TPSA) is 111 Å². The summed E-state index contributed by atoms with van der Waals surface area (Å²) in [5.41, 5.74) is 0.665. The number of benzene rings is 2. The van der Waals surface area contributed by atoms with E-state index in [0.29, 0.717) is 0 Å². The molecule has 154 valence electrons. The Hall–Kier alpha value is -3.62. The van der Waals surface area contributed by atoms with E-state index in [1.54, 1.807) is 6.92 Å². The summed E-state index contributed by atoms with van der Waals surface area (Å²) in [7, 11) is 2.81. The lowest BCUT2D eigenvalue weighted by Gasteiger charge is -2.28. The van der Waals surface area contributed by atoms with Gasteiger partial charge in [-0.1, -0.05) is 30.3 Å². The van der Waals surface area contributed by atoms with Gasteiger partial charge in [-0.05, 0) is 18.6 Å². The maximum atomic E-state index is 12.8. The summed E-state index contributed by atoms with van der Waals surface area (Å²) < 4.78 is 10.5. The Balaban J connectivity index is 2.14. The largest absolute Gasteiger partial charge is 0.490 e. The second kappa shape index (κ2) is 10.1. The number of methoxy groups -OCH3 is 1. The Morgan fingerprint density at radius 1 is 1.21 bits per heavy atom. The SMILES string of the molecule is CNC(=O)[C@H](C)N(Cc1ccccc1)C(=O)COc1ccc([N+](=O)[O-])c(OC)c1. The van der Waals surface area contributed by atoms with Crippen molar-refractivity contribution in [1.29, 1.82) is 0 Å². The van der Waals surface area contributed by atoms with Crippen molar-refractivity contribution in [2.24, 2.45) is 0 Å². The first kappa shape index (κ1) is 21.7. The van der Waals surface area contributed by atoms with E-state index in [9.17, 15) is 19.7 Å². The number of carbonyl (C=O) groups is 2. The van der Waals surface area contributed by atoms with Gasteiger partial charge in [0.05, 0.1) is 12.0 Å². The van der Waals surface area contributed by atoms with Crippen molar-refractivity contribution < 1.29 is 24.0 Å². The Kier molecular flexibility index (Phi) is 7.53. The maximum Gasteiger partial charge on any atom is 0.311 e. The highest BCUT2D eigenvalue weighted by Crippen LogP contribution is 2.30. The Morgan fingerprint density at radius 3 is 2.48 bits per heavy atom. The Morgan fingerprint density at radius 2 is 1.90 bits per heavy atom. The van der Waals surface area contributed by atoms with Gasteiger partial charge < -0.3 is 19.7 Å². The van der Waals surface area contributed by atoms with Crippen LogP contribution in [0.25, 0.3) is 0 Å². The smallest absolute Gasteiger partial charge is 0.311 e. The van der Waals surface area contributed by atoms with Crippen molar-refractivity contribution in [2.45, 2.75) is 19.5 Å². The summed E-state index contributed by atoms with van der Waals surface area (Å²) in [6, 6.07) is 12.5. The van der Waals surface area contributed by atoms with Crippen molar-refractivity contribution >= 4 is 17.5 Å². The molecule has 0 aromatic heterocycles. The first-order valence-corrected chi connectivity index (χ1v) is 8.87. The third-order valence-electron chi connectivity index (χ3n) is 4.32. The molecule has 9 nitrogen and oxygen atoms in total. The predicted octanol–water partition coefficient (Wildman–Crippen LogP) is 2.15. The van der Waals surface area contributed by atoms with Gasteiger partial charge in [-0.3, -0.25) is 19.7 Å². The molecular formula is C20H23N3O6. The van der Waals surface area contributed by atoms with E-state index in [2.05, 4.69) is 5.32 Å². The van der Waals surface area contributed by atoms with Gasteiger partial charge in [0.1, 0.15) is 11.8 Å². The summed E-state index contributed by atoms with van der Waals surface area (Å²) in [6.45, 7) is 1.53. The zero-order valence-corrected chi connectivity index (χ0v) is 16.5. The van der Waals surface area contributed by atoms with Crippen LogP contribution in [0.5, 0.6) is 11.5 Å². The van der Waals surface area contributed by atoms with Crippen LogP contribution in [0.3, 0.4) is 0 Å². The van der Waals surface area contributed by atoms with Gasteiger partial charge in [-0.25, -0.2) is 0 Å². The molecule has 2 aromatic carbocycles. The van der Waals surface area contributed by atoms with Crippen LogP contribution < -0.4 is 14.8 Å². The molecule has 1 N–H and O–H groups in total. The molecule has 0 aliphatic heterocycles. The number of rotatable bonds is 9. The van der Waals surface area contributed by atoms with Crippen molar-refractivity contribution in [1.82, 2.24) is 10.2 Å². The van der Waals surface area contributed by atoms with Crippen molar-refractivity contribution in [3.63, 3.8) is 0 Å². The zero-order valence-electron chi connectivity index (χ0n) is 16.5. The summed E-state index contributed by atoms with van der Waals surface area (Å²) in [4.78, 5) is 36.7. The van der Waals surface area contributed by atoms with Crippen LogP contribution in [-0.4, -0.2) is 48.4 Å². The first-order valence-electron chi connectivity index (χ1n) is 8.87. The molecule has 0 bridgehead atoms. The number of hydrogen-bond donors (Lipinski definition) is 1. The van der Waals surface area contributed by atoms with Gasteiger partial charge in [-0.2, -0.15) is 0 Å². The van der Waals surface area contributed by atoms with E-state index in [1.165, 1.54) is 37.3 Å². The lowest BCUT2D eigenvalue weighted by Crippen LogP contribution is -2.48. The van der Waals surface area contributed by atoms with E-state index >= 15 is 0 Å². The second-order valence-corrected chi connectivity index (χ2v) is 6.18. The number of ether oxygens (including phenoxy) is 2. The summed E-state index contributed by atoms with van der Waals surface area (Å²) in [5.74, 6) is -0.429. The lowest BCUT2D eigenvalue weighted by molar-refractivity contribution is -0.385. The molecule has 0 aliphatic carbocycles. The average molecular weight is 401 g/mol. The zero-order chi connectivity index (χ0) is 21.4. The van der Waals surface area contributed by atoms with E-state index < -0.39 is 16.9 Å². The van der Waals surface area contributed by atoms with Gasteiger partial charge in [0, 0.05) is 25.7 Å². The van der Waals surface area contributed by atoms with Gasteiger partial charge in [0.2, 0.25) is 11.7 Å². The van der Waals surface area contributed by atoms with Crippen LogP contribution in [0.15, 0.2) is 48.5 Å². The number of nitro benzene ring substituents is 1. The van der Waals surface area contributed by atoms with E-state index in [-0.39, 0.29) is 36.2 Å². The van der Waals surface area contributed by atoms with Crippen molar-refractivity contribution in [2.75, 3.05) is 20.8 Å². The quantitative estimate of drug-likeness (QED) is 0.509. The third kappa shape index (κ3) is 5.68. The average Bonchev–Trinajstić information content (AvgIpc) is 2.75. The fourth-order valence-electron chi connectivity index (χ4n) is 2.70. The lowest BCUT2D eigenvalue weighted by atomic mass is 10.1. The Bertz CT molecular complexity index is 872. The van der Waals surface area contributed by atoms with Crippen LogP contribution in [0.4, 0.5) is 5.69 Å². The minimum Gasteiger partial charge on any atom is -0.490 e. The number of likely N-dealkylation sites (N-methyl/N-ethyl adjacent to an activating group) is 1. The molecule has 2 amide bonds. The number of carbonyl (C=O) groups excluding carboxylic acids is 2. The molecule has 0 radical (unpaired) electrons. The van der Waals surface area contributed by atoms with Gasteiger partial charge >= 0.3 is 5.69 Å². The standard InChI is InChI=1S/C20H23N3O6/c1-14(20(25)21-2)22(12-15-7-5-4-6-8-15)19(24)13-29-16-9-10-17(23(26)27)18(11-16)28-3/h4-11,14H,12-13H2,1-3H3,(H,21,25)/t14-/m0/s1. The molecular weight excluding hydrogens is 378 g/mol. The van der Waals surface area contributed by atoms with E-state index in [0.717, 1.165) is 5.56 Å². The minimum atomic E-state index is -0.706. The normalized spacial score (nSPS) is 11.3. The number of nitro groups is 1. The Labute approximate surface area is 168 Å². The molecule has 0 unspecified atom stereocenters. The summed E-state index contributed by atoms with van der Waals surface area (Å²) in [5, 5.41) is 13.5. The highest BCUT2D eigenvalue weighted by molar-refractivity contribution is 5.87. The summed E-state index contributed by atoms with van der Waals surface area (Å²) in [6.07, 6.45) is 0. The molecule has 1 atom stereocenters. The molecule has 0 fully saturated rings. The molecule has 0 saturated carbocycles. The molecule has 2 rings (SSSR count). The van der Waals surface area contributed by atoms with Crippen LogP contribution >= 0.6 is 0 Å². The summed E-state index contributed by atoms with van der Waals surface area (Å²) >= 11 is 0. The third-order valence-corrected chi connectivity index (χ3v) is 4.32. The predicted molar refractivity (Wildman–Crippen MR) is 106 cm³/mol. The van der Waals surface area contributed by atoms with Crippen molar-refractivity contribution in [3.05, 3.63) is 64.2 Å². The molecule has 0 heterocycles. The number of hydrogen-bond acceptors (Lipinski definition) is 6. The number of amides is 2. The van der Waals surface area contributed by atoms with Crippen LogP contribution in [0, 0.1) is 10.1 Å². The van der Waals surface area contributed by atoms with E-state index in [1.807, 2.05) is 30.3 Å². The van der Waals surface area contributed by atoms with E-state index in [4.69, 9.17) is 9.47 Å². The monoisotopic (exact) mass is 401 g/mol. The molecule has 0 aliphatic rings. The van der Waals surface area contributed by atoms with Gasteiger partial charge in [0.25, 0.3) is 5.91 Å². The maximum absolute atomic E-state index is 12.8. The minimum absolute atomic E-state index is 0.0276. The van der Waals surface area contributed by atoms with Gasteiger partial charge in [0.15, 0.2) is 6.61 Å². The highest BCUT2D eigenvalue weighted by atomic mass is 16.6. The second-order valence-electron chi connectivity index (χ2n) is 6.18. The molecule has 0 saturated heterocycles. The number of nitrogens with zero attached hydrogens (tertiary/aromatic N) is 2. The first-order chi connectivity index (χ1) is 13.9.